The fourth-order valence-corrected chi connectivity index (χ4v) is 3.42. The number of halogens is 1. The minimum absolute atomic E-state index is 0.461. The van der Waals surface area contributed by atoms with Gasteiger partial charge in [-0.25, -0.2) is 4.98 Å². The Morgan fingerprint density at radius 1 is 1.32 bits per heavy atom. The van der Waals surface area contributed by atoms with Gasteiger partial charge in [0, 0.05) is 19.6 Å². The van der Waals surface area contributed by atoms with E-state index in [9.17, 15) is 4.79 Å². The molecule has 1 amide bonds. The maximum absolute atomic E-state index is 11.4. The molecule has 0 saturated carbocycles. The molecule has 0 aromatic carbocycles. The third-order valence-corrected chi connectivity index (χ3v) is 5.27. The summed E-state index contributed by atoms with van der Waals surface area (Å²) in [6.07, 6.45) is 10.1. The van der Waals surface area contributed by atoms with Crippen molar-refractivity contribution in [3.8, 4) is 0 Å². The molecule has 2 aromatic rings. The highest BCUT2D eigenvalue weighted by atomic mass is 35.5. The zero-order valence-electron chi connectivity index (χ0n) is 16.4. The Morgan fingerprint density at radius 2 is 2.11 bits per heavy atom. The highest BCUT2D eigenvalue weighted by molar-refractivity contribution is 6.32. The van der Waals surface area contributed by atoms with Gasteiger partial charge < -0.3 is 15.1 Å². The SMILES string of the molecule is CCCCN(C=O)c1cncc(Nc2ncc(Cl)c(N3CCC(C)CC3)n2)c1. The quantitative estimate of drug-likeness (QED) is 0.664. The maximum atomic E-state index is 11.4. The Hall–Kier alpha value is -2.41. The lowest BCUT2D eigenvalue weighted by Gasteiger charge is -2.31. The molecule has 0 atom stereocenters. The number of pyridine rings is 1. The van der Waals surface area contributed by atoms with E-state index in [-0.39, 0.29) is 0 Å². The van der Waals surface area contributed by atoms with Crippen LogP contribution in [0.25, 0.3) is 0 Å². The first-order chi connectivity index (χ1) is 13.6. The van der Waals surface area contributed by atoms with E-state index in [0.29, 0.717) is 17.5 Å². The van der Waals surface area contributed by atoms with Crippen LogP contribution < -0.4 is 15.1 Å². The van der Waals surface area contributed by atoms with Gasteiger partial charge in [-0.15, -0.1) is 0 Å². The number of carbonyl (C=O) groups is 1. The van der Waals surface area contributed by atoms with E-state index in [1.165, 1.54) is 0 Å². The van der Waals surface area contributed by atoms with E-state index < -0.39 is 0 Å². The van der Waals surface area contributed by atoms with E-state index in [2.05, 4.69) is 39.0 Å². The second kappa shape index (κ2) is 9.68. The second-order valence-corrected chi connectivity index (χ2v) is 7.65. The predicted molar refractivity (Wildman–Crippen MR) is 113 cm³/mol. The molecule has 1 aliphatic rings. The van der Waals surface area contributed by atoms with Crippen LogP contribution in [0.1, 0.15) is 39.5 Å². The monoisotopic (exact) mass is 402 g/mol. The van der Waals surface area contributed by atoms with Gasteiger partial charge >= 0.3 is 0 Å². The van der Waals surface area contributed by atoms with Gasteiger partial charge in [0.1, 0.15) is 5.02 Å². The van der Waals surface area contributed by atoms with E-state index in [1.54, 1.807) is 23.5 Å². The molecule has 1 aliphatic heterocycles. The van der Waals surface area contributed by atoms with Crippen LogP contribution in [0.15, 0.2) is 24.7 Å². The van der Waals surface area contributed by atoms with Gasteiger partial charge in [-0.05, 0) is 31.2 Å². The predicted octanol–water partition coefficient (Wildman–Crippen LogP) is 4.27. The number of aromatic nitrogens is 3. The molecule has 1 N–H and O–H groups in total. The molecule has 28 heavy (non-hydrogen) atoms. The zero-order valence-corrected chi connectivity index (χ0v) is 17.2. The minimum atomic E-state index is 0.461. The number of nitrogens with zero attached hydrogens (tertiary/aromatic N) is 5. The number of hydrogen-bond donors (Lipinski definition) is 1. The summed E-state index contributed by atoms with van der Waals surface area (Å²) >= 11 is 6.35. The molecule has 2 aromatic heterocycles. The number of amides is 1. The van der Waals surface area contributed by atoms with Crippen molar-refractivity contribution in [3.63, 3.8) is 0 Å². The van der Waals surface area contributed by atoms with Gasteiger partial charge in [0.15, 0.2) is 5.82 Å². The molecule has 0 unspecified atom stereocenters. The number of anilines is 4. The third-order valence-electron chi connectivity index (χ3n) is 5.00. The van der Waals surface area contributed by atoms with Crippen LogP contribution in [0, 0.1) is 5.92 Å². The van der Waals surface area contributed by atoms with Crippen LogP contribution >= 0.6 is 11.6 Å². The van der Waals surface area contributed by atoms with Gasteiger partial charge in [0.05, 0.1) is 30.0 Å². The fraction of sp³-hybridized carbons (Fsp3) is 0.500. The van der Waals surface area contributed by atoms with Crippen molar-refractivity contribution in [1.82, 2.24) is 15.0 Å². The van der Waals surface area contributed by atoms with Crippen molar-refractivity contribution in [2.24, 2.45) is 5.92 Å². The number of nitrogens with one attached hydrogen (secondary N) is 1. The lowest BCUT2D eigenvalue weighted by Crippen LogP contribution is -2.33. The number of unbranched alkanes of at least 4 members (excludes halogenated alkanes) is 1. The Kier molecular flexibility index (Phi) is 7.03. The first-order valence-electron chi connectivity index (χ1n) is 9.82. The Balaban J connectivity index is 1.76. The number of hydrogen-bond acceptors (Lipinski definition) is 6. The fourth-order valence-electron chi connectivity index (χ4n) is 3.21. The van der Waals surface area contributed by atoms with Crippen molar-refractivity contribution in [3.05, 3.63) is 29.7 Å². The second-order valence-electron chi connectivity index (χ2n) is 7.24. The molecule has 0 spiro atoms. The highest BCUT2D eigenvalue weighted by Crippen LogP contribution is 2.29. The van der Waals surface area contributed by atoms with Gasteiger partial charge in [0.25, 0.3) is 0 Å². The summed E-state index contributed by atoms with van der Waals surface area (Å²) in [5.74, 6) is 1.95. The van der Waals surface area contributed by atoms with E-state index in [4.69, 9.17) is 11.6 Å². The molecule has 150 valence electrons. The standard InChI is InChI=1S/C20H27ClN6O/c1-3-4-7-27(14-28)17-10-16(11-22-12-17)24-20-23-13-18(21)19(25-20)26-8-5-15(2)6-9-26/h10-15H,3-9H2,1-2H3,(H,23,24,25). The Bertz CT molecular complexity index is 794. The summed E-state index contributed by atoms with van der Waals surface area (Å²) in [5.41, 5.74) is 1.47. The molecule has 7 nitrogen and oxygen atoms in total. The van der Waals surface area contributed by atoms with Crippen molar-refractivity contribution in [2.75, 3.05) is 34.8 Å². The van der Waals surface area contributed by atoms with Crippen molar-refractivity contribution in [2.45, 2.75) is 39.5 Å². The van der Waals surface area contributed by atoms with Gasteiger partial charge in [0.2, 0.25) is 12.4 Å². The normalized spacial score (nSPS) is 14.8. The van der Waals surface area contributed by atoms with Gasteiger partial charge in [-0.3, -0.25) is 9.78 Å². The molecule has 1 saturated heterocycles. The average molecular weight is 403 g/mol. The van der Waals surface area contributed by atoms with Crippen LogP contribution in [0.5, 0.6) is 0 Å². The van der Waals surface area contributed by atoms with Crippen molar-refractivity contribution >= 4 is 41.2 Å². The number of piperidine rings is 1. The number of carbonyl (C=O) groups excluding carboxylic acids is 1. The molecule has 8 heteroatoms. The summed E-state index contributed by atoms with van der Waals surface area (Å²) in [7, 11) is 0. The first kappa shape index (κ1) is 20.3. The van der Waals surface area contributed by atoms with Crippen molar-refractivity contribution in [1.29, 1.82) is 0 Å². The lowest BCUT2D eigenvalue weighted by atomic mass is 9.99. The molecule has 3 heterocycles. The van der Waals surface area contributed by atoms with Crippen molar-refractivity contribution < 1.29 is 4.79 Å². The zero-order chi connectivity index (χ0) is 19.9. The molecule has 0 aliphatic carbocycles. The molecule has 3 rings (SSSR count). The average Bonchev–Trinajstić information content (AvgIpc) is 2.71. The molecular formula is C20H27ClN6O. The minimum Gasteiger partial charge on any atom is -0.355 e. The Morgan fingerprint density at radius 3 is 2.82 bits per heavy atom. The summed E-state index contributed by atoms with van der Waals surface area (Å²) < 4.78 is 0. The van der Waals surface area contributed by atoms with Crippen LogP contribution in [0.4, 0.5) is 23.1 Å². The molecular weight excluding hydrogens is 376 g/mol. The molecule has 0 bridgehead atoms. The third kappa shape index (κ3) is 5.10. The van der Waals surface area contributed by atoms with Crippen LogP contribution in [0.2, 0.25) is 5.02 Å². The molecule has 0 radical (unpaired) electrons. The summed E-state index contributed by atoms with van der Waals surface area (Å²) in [6.45, 7) is 6.92. The van der Waals surface area contributed by atoms with Gasteiger partial charge in [-0.1, -0.05) is 31.9 Å². The number of rotatable bonds is 8. The van der Waals surface area contributed by atoms with Crippen LogP contribution in [-0.2, 0) is 4.79 Å². The first-order valence-corrected chi connectivity index (χ1v) is 10.2. The summed E-state index contributed by atoms with van der Waals surface area (Å²) in [5, 5.41) is 3.74. The summed E-state index contributed by atoms with van der Waals surface area (Å²) in [6, 6.07) is 1.87. The van der Waals surface area contributed by atoms with Crippen LogP contribution in [0.3, 0.4) is 0 Å². The lowest BCUT2D eigenvalue weighted by molar-refractivity contribution is -0.107. The smallest absolute Gasteiger partial charge is 0.229 e. The highest BCUT2D eigenvalue weighted by Gasteiger charge is 2.20. The topological polar surface area (TPSA) is 74.2 Å². The van der Waals surface area contributed by atoms with Gasteiger partial charge in [-0.2, -0.15) is 4.98 Å². The van der Waals surface area contributed by atoms with E-state index in [0.717, 1.165) is 68.3 Å². The summed E-state index contributed by atoms with van der Waals surface area (Å²) in [4.78, 5) is 28.4. The van der Waals surface area contributed by atoms with E-state index >= 15 is 0 Å². The molecule has 1 fully saturated rings. The Labute approximate surface area is 171 Å². The van der Waals surface area contributed by atoms with Crippen LogP contribution in [-0.4, -0.2) is 41.0 Å². The maximum Gasteiger partial charge on any atom is 0.229 e. The largest absolute Gasteiger partial charge is 0.355 e. The van der Waals surface area contributed by atoms with E-state index in [1.807, 2.05) is 6.07 Å².